The monoisotopic (exact) mass is 386 g/mol. The van der Waals surface area contributed by atoms with Crippen molar-refractivity contribution in [3.05, 3.63) is 0 Å². The van der Waals surface area contributed by atoms with E-state index in [0.29, 0.717) is 6.04 Å². The van der Waals surface area contributed by atoms with Crippen LogP contribution in [0, 0.1) is 0 Å². The molecule has 0 aliphatic heterocycles. The van der Waals surface area contributed by atoms with E-state index < -0.39 is 21.4 Å². The molecular formula is C17H39InN2. The SMILES string of the molecule is CCCN(CC[CH2][In]([CH3])[CH2]CCN(C)C(C)C)C(C)C. The van der Waals surface area contributed by atoms with Gasteiger partial charge in [-0.1, -0.05) is 0 Å². The third kappa shape index (κ3) is 10.5. The van der Waals surface area contributed by atoms with E-state index in [9.17, 15) is 0 Å². The van der Waals surface area contributed by atoms with Gasteiger partial charge in [-0.15, -0.1) is 0 Å². The van der Waals surface area contributed by atoms with Gasteiger partial charge in [0.05, 0.1) is 0 Å². The summed E-state index contributed by atoms with van der Waals surface area (Å²) < 4.78 is 5.82. The molecule has 0 radical (unpaired) electrons. The topological polar surface area (TPSA) is 6.48 Å². The summed E-state index contributed by atoms with van der Waals surface area (Å²) in [6.07, 6.45) is 4.18. The van der Waals surface area contributed by atoms with Crippen molar-refractivity contribution in [1.29, 1.82) is 0 Å². The second-order valence-electron chi connectivity index (χ2n) is 7.09. The Labute approximate surface area is 136 Å². The Morgan fingerprint density at radius 2 is 1.40 bits per heavy atom. The molecule has 0 atom stereocenters. The molecule has 0 bridgehead atoms. The van der Waals surface area contributed by atoms with Crippen molar-refractivity contribution in [1.82, 2.24) is 9.80 Å². The average molecular weight is 386 g/mol. The molecule has 20 heavy (non-hydrogen) atoms. The molecule has 2 nitrogen and oxygen atoms in total. The van der Waals surface area contributed by atoms with E-state index in [2.05, 4.69) is 56.1 Å². The molecule has 0 aromatic heterocycles. The van der Waals surface area contributed by atoms with Crippen LogP contribution in [-0.2, 0) is 0 Å². The fourth-order valence-electron chi connectivity index (χ4n) is 2.65. The summed E-state index contributed by atoms with van der Waals surface area (Å²) in [5.74, 6) is 0. The van der Waals surface area contributed by atoms with Crippen LogP contribution in [0.5, 0.6) is 0 Å². The third-order valence-corrected chi connectivity index (χ3v) is 12.4. The van der Waals surface area contributed by atoms with E-state index >= 15 is 0 Å². The van der Waals surface area contributed by atoms with Crippen LogP contribution in [-0.4, -0.2) is 70.0 Å². The Hall–Kier alpha value is 0.790. The van der Waals surface area contributed by atoms with Gasteiger partial charge < -0.3 is 0 Å². The molecule has 0 rings (SSSR count). The van der Waals surface area contributed by atoms with Crippen LogP contribution >= 0.6 is 0 Å². The van der Waals surface area contributed by atoms with Crippen LogP contribution < -0.4 is 0 Å². The second-order valence-corrected chi connectivity index (χ2v) is 16.7. The molecule has 0 aromatic rings. The van der Waals surface area contributed by atoms with Crippen LogP contribution in [0.2, 0.25) is 13.0 Å². The number of rotatable bonds is 12. The molecule has 0 aliphatic rings. The van der Waals surface area contributed by atoms with E-state index in [4.69, 9.17) is 0 Å². The van der Waals surface area contributed by atoms with Crippen molar-refractivity contribution in [3.8, 4) is 0 Å². The first-order valence-electron chi connectivity index (χ1n) is 8.82. The van der Waals surface area contributed by atoms with E-state index in [-0.39, 0.29) is 0 Å². The van der Waals surface area contributed by atoms with Gasteiger partial charge in [-0.25, -0.2) is 0 Å². The fraction of sp³-hybridized carbons (Fsp3) is 1.00. The van der Waals surface area contributed by atoms with Crippen molar-refractivity contribution < 1.29 is 0 Å². The van der Waals surface area contributed by atoms with Crippen molar-refractivity contribution in [2.75, 3.05) is 26.7 Å². The molecule has 0 amide bonds. The molecule has 0 heterocycles. The Balaban J connectivity index is 3.69. The van der Waals surface area contributed by atoms with Crippen molar-refractivity contribution in [2.45, 2.75) is 79.0 Å². The van der Waals surface area contributed by atoms with Crippen molar-refractivity contribution in [3.63, 3.8) is 0 Å². The van der Waals surface area contributed by atoms with Gasteiger partial charge in [-0.3, -0.25) is 0 Å². The Morgan fingerprint density at radius 1 is 0.850 bits per heavy atom. The number of hydrogen-bond donors (Lipinski definition) is 0. The zero-order valence-corrected chi connectivity index (χ0v) is 18.6. The minimum absolute atomic E-state index is 0.703. The van der Waals surface area contributed by atoms with Gasteiger partial charge in [0.2, 0.25) is 0 Å². The summed E-state index contributed by atoms with van der Waals surface area (Å²) in [7, 11) is 2.26. The van der Waals surface area contributed by atoms with E-state index in [0.717, 1.165) is 6.04 Å². The quantitative estimate of drug-likeness (QED) is 0.492. The standard InChI is InChI=1S/C9H20N.C7H16N.CH3.In/c1-5-7-10(8-6-2)9(3)4;1-5-6-8(4)7(2)3;;/h9H,1,5-8H2,2-4H3;7H,1,5-6H2,2-4H3;1H3;. The molecule has 0 saturated heterocycles. The fourth-order valence-corrected chi connectivity index (χ4v) is 8.49. The maximum absolute atomic E-state index is 2.66. The van der Waals surface area contributed by atoms with Crippen LogP contribution in [0.15, 0.2) is 0 Å². The Bertz CT molecular complexity index is 219. The molecule has 0 N–H and O–H groups in total. The molecule has 0 unspecified atom stereocenters. The van der Waals surface area contributed by atoms with Gasteiger partial charge >= 0.3 is 137 Å². The molecule has 0 aliphatic carbocycles. The first-order valence-corrected chi connectivity index (χ1v) is 16.8. The average Bonchev–Trinajstić information content (AvgIpc) is 2.37. The predicted octanol–water partition coefficient (Wildman–Crippen LogP) is 4.35. The molecule has 0 spiro atoms. The summed E-state index contributed by atoms with van der Waals surface area (Å²) in [6.45, 7) is 15.5. The molecule has 0 aromatic carbocycles. The van der Waals surface area contributed by atoms with Gasteiger partial charge in [0.15, 0.2) is 0 Å². The zero-order chi connectivity index (χ0) is 15.5. The maximum atomic E-state index is 2.66. The molecule has 120 valence electrons. The summed E-state index contributed by atoms with van der Waals surface area (Å²) in [6, 6.07) is 1.43. The summed E-state index contributed by atoms with van der Waals surface area (Å²) in [5.41, 5.74) is 0. The van der Waals surface area contributed by atoms with Gasteiger partial charge in [0.1, 0.15) is 0 Å². The van der Waals surface area contributed by atoms with E-state index in [1.165, 1.54) is 38.9 Å². The Morgan fingerprint density at radius 3 is 1.85 bits per heavy atom. The van der Waals surface area contributed by atoms with Crippen LogP contribution in [0.3, 0.4) is 0 Å². The van der Waals surface area contributed by atoms with Gasteiger partial charge in [0, 0.05) is 0 Å². The zero-order valence-electron chi connectivity index (χ0n) is 15.3. The number of hydrogen-bond acceptors (Lipinski definition) is 2. The molecule has 3 heteroatoms. The van der Waals surface area contributed by atoms with Gasteiger partial charge in [-0.05, 0) is 0 Å². The number of nitrogens with zero attached hydrogens (tertiary/aromatic N) is 2. The molecular weight excluding hydrogens is 347 g/mol. The summed E-state index contributed by atoms with van der Waals surface area (Å²) in [5, 5.41) is 0. The summed E-state index contributed by atoms with van der Waals surface area (Å²) in [4.78, 5) is 5.14. The molecule has 0 fully saturated rings. The van der Waals surface area contributed by atoms with Gasteiger partial charge in [-0.2, -0.15) is 0 Å². The van der Waals surface area contributed by atoms with E-state index in [1.54, 1.807) is 8.35 Å². The Kier molecular flexibility index (Phi) is 12.8. The first kappa shape index (κ1) is 20.8. The third-order valence-electron chi connectivity index (χ3n) is 4.47. The second kappa shape index (κ2) is 12.3. The minimum atomic E-state index is -1.14. The first-order chi connectivity index (χ1) is 9.38. The van der Waals surface area contributed by atoms with E-state index in [1.807, 2.05) is 0 Å². The van der Waals surface area contributed by atoms with Gasteiger partial charge in [0.25, 0.3) is 0 Å². The predicted molar refractivity (Wildman–Crippen MR) is 95.2 cm³/mol. The summed E-state index contributed by atoms with van der Waals surface area (Å²) >= 11 is -1.14. The molecule has 0 saturated carbocycles. The van der Waals surface area contributed by atoms with Crippen LogP contribution in [0.4, 0.5) is 0 Å². The van der Waals surface area contributed by atoms with Crippen molar-refractivity contribution >= 4 is 21.4 Å². The van der Waals surface area contributed by atoms with Crippen LogP contribution in [0.1, 0.15) is 53.9 Å². The normalized spacial score (nSPS) is 12.2. The van der Waals surface area contributed by atoms with Crippen LogP contribution in [0.25, 0.3) is 0 Å². The van der Waals surface area contributed by atoms with Crippen molar-refractivity contribution in [2.24, 2.45) is 0 Å².